The molecule has 160 valence electrons. The Morgan fingerprint density at radius 3 is 2.39 bits per heavy atom. The van der Waals surface area contributed by atoms with Crippen molar-refractivity contribution in [2.45, 2.75) is 56.0 Å². The van der Waals surface area contributed by atoms with Gasteiger partial charge in [0.05, 0.1) is 0 Å². The molecule has 0 aromatic heterocycles. The van der Waals surface area contributed by atoms with E-state index in [1.807, 2.05) is 6.07 Å². The molecule has 0 saturated heterocycles. The van der Waals surface area contributed by atoms with E-state index < -0.39 is 18.2 Å². The van der Waals surface area contributed by atoms with Crippen LogP contribution in [-0.2, 0) is 15.6 Å². The van der Waals surface area contributed by atoms with Crippen LogP contribution in [-0.4, -0.2) is 38.0 Å². The summed E-state index contributed by atoms with van der Waals surface area (Å²) < 4.78 is 9.72. The predicted octanol–water partition coefficient (Wildman–Crippen LogP) is 6.27. The summed E-state index contributed by atoms with van der Waals surface area (Å²) in [5.41, 5.74) is 2.41. The number of rotatable bonds is 8. The highest BCUT2D eigenvalue weighted by molar-refractivity contribution is 6.74. The fourth-order valence-corrected chi connectivity index (χ4v) is 3.58. The first kappa shape index (κ1) is 25.6. The van der Waals surface area contributed by atoms with Crippen LogP contribution < -0.4 is 5.32 Å². The van der Waals surface area contributed by atoms with Gasteiger partial charge in [0.2, 0.25) is 3.79 Å². The monoisotopic (exact) mass is 467 g/mol. The number of amides is 1. The molecule has 0 heterocycles. The first-order valence-electron chi connectivity index (χ1n) is 9.36. The van der Waals surface area contributed by atoms with Crippen molar-refractivity contribution in [3.05, 3.63) is 35.4 Å². The number of halogens is 3. The molecule has 1 atom stereocenters. The molecule has 0 saturated carbocycles. The highest BCUT2D eigenvalue weighted by Gasteiger charge is 2.37. The molecule has 0 aliphatic carbocycles. The molecule has 1 aromatic rings. The molecular formula is C20H32Cl3NO3Si. The number of aryl methyl sites for hydroxylation is 1. The predicted molar refractivity (Wildman–Crippen MR) is 121 cm³/mol. The molecular weight excluding hydrogens is 437 g/mol. The highest BCUT2D eigenvalue weighted by Crippen LogP contribution is 2.36. The van der Waals surface area contributed by atoms with Crippen LogP contribution in [0.15, 0.2) is 24.3 Å². The molecule has 1 unspecified atom stereocenters. The van der Waals surface area contributed by atoms with Crippen LogP contribution in [0.5, 0.6) is 0 Å². The molecule has 0 aliphatic rings. The Bertz CT molecular complexity index is 642. The number of ether oxygens (including phenoxy) is 1. The van der Waals surface area contributed by atoms with E-state index in [0.717, 1.165) is 6.42 Å². The average molecular weight is 469 g/mol. The molecule has 0 bridgehead atoms. The van der Waals surface area contributed by atoms with Crippen LogP contribution in [0.1, 0.15) is 31.9 Å². The van der Waals surface area contributed by atoms with Crippen molar-refractivity contribution in [2.24, 2.45) is 5.92 Å². The number of alkyl halides is 3. The Kier molecular flexibility index (Phi) is 9.62. The molecule has 1 aromatic carbocycles. The number of carbonyl (C=O) groups is 1. The van der Waals surface area contributed by atoms with Gasteiger partial charge >= 0.3 is 6.09 Å². The summed E-state index contributed by atoms with van der Waals surface area (Å²) in [4.78, 5) is 11.9. The van der Waals surface area contributed by atoms with E-state index >= 15 is 0 Å². The molecule has 0 radical (unpaired) electrons. The Balaban J connectivity index is 2.73. The Morgan fingerprint density at radius 1 is 1.21 bits per heavy atom. The average Bonchev–Trinajstić information content (AvgIpc) is 2.53. The number of hydrogen-bond donors (Lipinski definition) is 1. The zero-order valence-corrected chi connectivity index (χ0v) is 20.8. The minimum absolute atomic E-state index is 0.108. The lowest BCUT2D eigenvalue weighted by molar-refractivity contribution is 0.143. The van der Waals surface area contributed by atoms with Gasteiger partial charge in [-0.2, -0.15) is 0 Å². The van der Waals surface area contributed by atoms with E-state index in [0.29, 0.717) is 13.2 Å². The first-order chi connectivity index (χ1) is 12.7. The van der Waals surface area contributed by atoms with Gasteiger partial charge in [0.1, 0.15) is 6.61 Å². The first-order valence-corrected chi connectivity index (χ1v) is 13.4. The standard InChI is InChI=1S/C20H32Cl3NO3Si/c1-15-8-7-9-16(10-15)11-17(13-27-28(5,6)19(2,3)4)12-24-18(25)26-14-20(21,22)23/h7-10,17H,11-14H2,1-6H3,(H,24,25). The van der Waals surface area contributed by atoms with E-state index in [-0.39, 0.29) is 17.6 Å². The molecule has 4 nitrogen and oxygen atoms in total. The zero-order chi connectivity index (χ0) is 21.6. The molecule has 0 aliphatic heterocycles. The summed E-state index contributed by atoms with van der Waals surface area (Å²) in [6, 6.07) is 8.35. The summed E-state index contributed by atoms with van der Waals surface area (Å²) >= 11 is 16.8. The van der Waals surface area contributed by atoms with E-state index in [1.54, 1.807) is 0 Å². The Hall–Kier alpha value is -0.463. The van der Waals surface area contributed by atoms with Crippen molar-refractivity contribution in [1.29, 1.82) is 0 Å². The fourth-order valence-electron chi connectivity index (χ4n) is 2.33. The summed E-state index contributed by atoms with van der Waals surface area (Å²) in [6.07, 6.45) is 0.189. The van der Waals surface area contributed by atoms with E-state index in [9.17, 15) is 4.79 Å². The van der Waals surface area contributed by atoms with Gasteiger partial charge in [-0.15, -0.1) is 0 Å². The number of nitrogens with one attached hydrogen (secondary N) is 1. The molecule has 8 heteroatoms. The quantitative estimate of drug-likeness (QED) is 0.361. The molecule has 1 N–H and O–H groups in total. The number of benzene rings is 1. The fraction of sp³-hybridized carbons (Fsp3) is 0.650. The van der Waals surface area contributed by atoms with Crippen LogP contribution in [0, 0.1) is 12.8 Å². The van der Waals surface area contributed by atoms with Crippen molar-refractivity contribution in [2.75, 3.05) is 19.8 Å². The van der Waals surface area contributed by atoms with Gasteiger partial charge in [0, 0.05) is 19.1 Å². The smallest absolute Gasteiger partial charge is 0.407 e. The lowest BCUT2D eigenvalue weighted by atomic mass is 9.99. The second-order valence-corrected chi connectivity index (χ2v) is 16.0. The van der Waals surface area contributed by atoms with Crippen molar-refractivity contribution in [3.8, 4) is 0 Å². The third kappa shape index (κ3) is 9.84. The topological polar surface area (TPSA) is 47.6 Å². The van der Waals surface area contributed by atoms with Gasteiger partial charge in [-0.1, -0.05) is 85.4 Å². The Morgan fingerprint density at radius 2 is 1.86 bits per heavy atom. The van der Waals surface area contributed by atoms with Crippen LogP contribution in [0.4, 0.5) is 4.79 Å². The normalized spacial score (nSPS) is 13.9. The maximum atomic E-state index is 11.9. The lowest BCUT2D eigenvalue weighted by Gasteiger charge is -2.37. The van der Waals surface area contributed by atoms with Gasteiger partial charge in [-0.25, -0.2) is 4.79 Å². The maximum Gasteiger partial charge on any atom is 0.407 e. The summed E-state index contributed by atoms with van der Waals surface area (Å²) in [5, 5.41) is 2.89. The van der Waals surface area contributed by atoms with Gasteiger partial charge in [0.25, 0.3) is 0 Å². The summed E-state index contributed by atoms with van der Waals surface area (Å²) in [7, 11) is -1.89. The third-order valence-corrected chi connectivity index (χ3v) is 9.82. The maximum absolute atomic E-state index is 11.9. The van der Waals surface area contributed by atoms with E-state index in [2.05, 4.69) is 64.3 Å². The number of hydrogen-bond acceptors (Lipinski definition) is 3. The van der Waals surface area contributed by atoms with Crippen molar-refractivity contribution in [3.63, 3.8) is 0 Å². The van der Waals surface area contributed by atoms with Crippen LogP contribution in [0.2, 0.25) is 18.1 Å². The van der Waals surface area contributed by atoms with Gasteiger partial charge < -0.3 is 14.5 Å². The van der Waals surface area contributed by atoms with Gasteiger partial charge in [-0.05, 0) is 37.0 Å². The largest absolute Gasteiger partial charge is 0.445 e. The van der Waals surface area contributed by atoms with Gasteiger partial charge in [0.15, 0.2) is 8.32 Å². The van der Waals surface area contributed by atoms with Crippen LogP contribution in [0.25, 0.3) is 0 Å². The van der Waals surface area contributed by atoms with Crippen molar-refractivity contribution < 1.29 is 14.0 Å². The van der Waals surface area contributed by atoms with Crippen molar-refractivity contribution >= 4 is 49.2 Å². The summed E-state index contributed by atoms with van der Waals surface area (Å²) in [5.74, 6) is 0.108. The second kappa shape index (κ2) is 10.5. The molecule has 1 rings (SSSR count). The SMILES string of the molecule is Cc1cccc(CC(CNC(=O)OCC(Cl)(Cl)Cl)CO[Si](C)(C)C(C)(C)C)c1. The summed E-state index contributed by atoms with van der Waals surface area (Å²) in [6.45, 7) is 13.8. The molecule has 1 amide bonds. The molecule has 0 fully saturated rings. The minimum atomic E-state index is -1.89. The van der Waals surface area contributed by atoms with E-state index in [1.165, 1.54) is 11.1 Å². The zero-order valence-electron chi connectivity index (χ0n) is 17.6. The molecule has 0 spiro atoms. The number of carbonyl (C=O) groups excluding carboxylic acids is 1. The van der Waals surface area contributed by atoms with Crippen LogP contribution >= 0.6 is 34.8 Å². The lowest BCUT2D eigenvalue weighted by Crippen LogP contribution is -2.43. The second-order valence-electron chi connectivity index (χ2n) is 8.70. The van der Waals surface area contributed by atoms with Gasteiger partial charge in [-0.3, -0.25) is 0 Å². The van der Waals surface area contributed by atoms with Crippen molar-refractivity contribution in [1.82, 2.24) is 5.32 Å². The van der Waals surface area contributed by atoms with E-state index in [4.69, 9.17) is 44.0 Å². The third-order valence-electron chi connectivity index (χ3n) is 4.99. The minimum Gasteiger partial charge on any atom is -0.445 e. The number of alkyl carbamates (subject to hydrolysis) is 1. The Labute approximate surface area is 185 Å². The highest BCUT2D eigenvalue weighted by atomic mass is 35.6. The van der Waals surface area contributed by atoms with Crippen LogP contribution in [0.3, 0.4) is 0 Å². The molecule has 28 heavy (non-hydrogen) atoms.